The fourth-order valence-electron chi connectivity index (χ4n) is 0.804. The minimum atomic E-state index is 0.620. The molecule has 0 bridgehead atoms. The fourth-order valence-corrected chi connectivity index (χ4v) is 0.804. The van der Waals surface area contributed by atoms with E-state index in [-0.39, 0.29) is 0 Å². The van der Waals surface area contributed by atoms with E-state index in [1.807, 2.05) is 12.1 Å². The first-order chi connectivity index (χ1) is 5.43. The van der Waals surface area contributed by atoms with Crippen LogP contribution in [0.4, 0.5) is 0 Å². The summed E-state index contributed by atoms with van der Waals surface area (Å²) in [7, 11) is 0. The van der Waals surface area contributed by atoms with Gasteiger partial charge in [0.15, 0.2) is 0 Å². The lowest BCUT2D eigenvalue weighted by atomic mass is 10.2. The molecule has 0 aromatic carbocycles. The summed E-state index contributed by atoms with van der Waals surface area (Å²) in [5, 5.41) is 2.46. The highest BCUT2D eigenvalue weighted by Crippen LogP contribution is 1.94. The second-order valence-corrected chi connectivity index (χ2v) is 2.14. The third-order valence-corrected chi connectivity index (χ3v) is 1.33. The molecule has 3 nitrogen and oxygen atoms in total. The number of aromatic nitrogens is 1. The molecule has 0 saturated carbocycles. The summed E-state index contributed by atoms with van der Waals surface area (Å²) < 4.78 is 0. The van der Waals surface area contributed by atoms with E-state index in [4.69, 9.17) is 0 Å². The van der Waals surface area contributed by atoms with E-state index in [9.17, 15) is 4.79 Å². The van der Waals surface area contributed by atoms with Crippen molar-refractivity contribution in [2.45, 2.75) is 6.42 Å². The topological polar surface area (TPSA) is 42.0 Å². The van der Waals surface area contributed by atoms with Crippen LogP contribution >= 0.6 is 0 Å². The number of nitrogens with zero attached hydrogens (tertiary/aromatic N) is 1. The maximum atomic E-state index is 9.74. The number of hydrogen-bond donors (Lipinski definition) is 1. The molecule has 0 aliphatic rings. The molecule has 0 fully saturated rings. The second-order valence-electron chi connectivity index (χ2n) is 2.14. The molecule has 0 aliphatic carbocycles. The molecule has 0 unspecified atom stereocenters. The molecule has 1 rings (SSSR count). The molecule has 0 spiro atoms. The Balaban J connectivity index is 2.33. The molecule has 0 saturated heterocycles. The van der Waals surface area contributed by atoms with Gasteiger partial charge in [0.05, 0.1) is 0 Å². The van der Waals surface area contributed by atoms with Crippen LogP contribution in [0.2, 0.25) is 0 Å². The quantitative estimate of drug-likeness (QED) is 0.493. The van der Waals surface area contributed by atoms with E-state index in [2.05, 4.69) is 10.3 Å². The van der Waals surface area contributed by atoms with Crippen molar-refractivity contribution < 1.29 is 4.79 Å². The predicted octanol–water partition coefficient (Wildman–Crippen LogP) is 0.281. The summed E-state index contributed by atoms with van der Waals surface area (Å²) in [5.41, 5.74) is 1.12. The smallest absolute Gasteiger partial charge is 0.309 e. The van der Waals surface area contributed by atoms with E-state index in [1.165, 1.54) is 0 Å². The third-order valence-electron chi connectivity index (χ3n) is 1.33. The maximum absolute atomic E-state index is 9.74. The van der Waals surface area contributed by atoms with Crippen molar-refractivity contribution in [2.75, 3.05) is 6.54 Å². The van der Waals surface area contributed by atoms with Gasteiger partial charge in [-0.3, -0.25) is 9.78 Å². The summed E-state index contributed by atoms with van der Waals surface area (Å²) in [6.07, 6.45) is 5.94. The lowest BCUT2D eigenvalue weighted by Crippen LogP contribution is -2.14. The van der Waals surface area contributed by atoms with Crippen LogP contribution in [0.3, 0.4) is 0 Å². The Labute approximate surface area is 65.5 Å². The molecular formula is C8H9N2O. The Bertz CT molecular complexity index is 211. The molecule has 1 radical (unpaired) electrons. The van der Waals surface area contributed by atoms with Crippen LogP contribution in [0.5, 0.6) is 0 Å². The van der Waals surface area contributed by atoms with Gasteiger partial charge in [-0.05, 0) is 18.1 Å². The molecule has 1 aromatic rings. The van der Waals surface area contributed by atoms with Crippen LogP contribution in [0.1, 0.15) is 5.56 Å². The molecule has 0 atom stereocenters. The van der Waals surface area contributed by atoms with Crippen LogP contribution in [0, 0.1) is 0 Å². The Morgan fingerprint density at radius 3 is 3.18 bits per heavy atom. The maximum Gasteiger partial charge on any atom is 0.309 e. The molecule has 1 aromatic heterocycles. The summed E-state index contributed by atoms with van der Waals surface area (Å²) in [4.78, 5) is 13.7. The summed E-state index contributed by atoms with van der Waals surface area (Å²) in [6, 6.07) is 3.85. The van der Waals surface area contributed by atoms with Gasteiger partial charge in [-0.15, -0.1) is 0 Å². The largest absolute Gasteiger partial charge is 0.348 e. The Hall–Kier alpha value is -1.38. The fraction of sp³-hybridized carbons (Fsp3) is 0.250. The Morgan fingerprint density at radius 2 is 2.55 bits per heavy atom. The average molecular weight is 149 g/mol. The first-order valence-electron chi connectivity index (χ1n) is 3.42. The van der Waals surface area contributed by atoms with Crippen LogP contribution in [-0.2, 0) is 11.2 Å². The standard InChI is InChI=1S/C8H9N2O/c11-7-10-5-3-8-2-1-4-9-6-8/h1-2,4,6H,3,5H2,(H,10,11). The van der Waals surface area contributed by atoms with Crippen molar-refractivity contribution in [3.05, 3.63) is 30.1 Å². The van der Waals surface area contributed by atoms with E-state index in [1.54, 1.807) is 18.8 Å². The monoisotopic (exact) mass is 149 g/mol. The molecule has 11 heavy (non-hydrogen) atoms. The molecule has 57 valence electrons. The zero-order chi connectivity index (χ0) is 7.94. The molecule has 1 amide bonds. The minimum Gasteiger partial charge on any atom is -0.348 e. The highest BCUT2D eigenvalue weighted by Gasteiger charge is 1.89. The number of hydrogen-bond acceptors (Lipinski definition) is 2. The van der Waals surface area contributed by atoms with Gasteiger partial charge in [0.2, 0.25) is 0 Å². The lowest BCUT2D eigenvalue weighted by Gasteiger charge is -1.96. The first kappa shape index (κ1) is 7.72. The predicted molar refractivity (Wildman–Crippen MR) is 41.6 cm³/mol. The number of carbonyl (C=O) groups excluding carboxylic acids is 1. The zero-order valence-electron chi connectivity index (χ0n) is 6.08. The van der Waals surface area contributed by atoms with Crippen LogP contribution in [-0.4, -0.2) is 17.9 Å². The van der Waals surface area contributed by atoms with Crippen LogP contribution < -0.4 is 5.32 Å². The van der Waals surface area contributed by atoms with Gasteiger partial charge in [0, 0.05) is 18.9 Å². The van der Waals surface area contributed by atoms with Crippen LogP contribution in [0.25, 0.3) is 0 Å². The van der Waals surface area contributed by atoms with Gasteiger partial charge in [0.25, 0.3) is 0 Å². The van der Waals surface area contributed by atoms with Gasteiger partial charge in [-0.1, -0.05) is 6.07 Å². The molecule has 1 heterocycles. The zero-order valence-corrected chi connectivity index (χ0v) is 6.08. The van der Waals surface area contributed by atoms with Crippen molar-refractivity contribution in [3.8, 4) is 0 Å². The van der Waals surface area contributed by atoms with Gasteiger partial charge in [0.1, 0.15) is 0 Å². The van der Waals surface area contributed by atoms with Crippen molar-refractivity contribution in [1.82, 2.24) is 10.3 Å². The number of nitrogens with one attached hydrogen (secondary N) is 1. The van der Waals surface area contributed by atoms with Crippen molar-refractivity contribution in [2.24, 2.45) is 0 Å². The lowest BCUT2D eigenvalue weighted by molar-refractivity contribution is 0.542. The highest BCUT2D eigenvalue weighted by molar-refractivity contribution is 5.46. The summed E-state index contributed by atoms with van der Waals surface area (Å²) >= 11 is 0. The first-order valence-corrected chi connectivity index (χ1v) is 3.42. The van der Waals surface area contributed by atoms with Gasteiger partial charge >= 0.3 is 6.41 Å². The Morgan fingerprint density at radius 1 is 1.64 bits per heavy atom. The highest BCUT2D eigenvalue weighted by atomic mass is 16.1. The summed E-state index contributed by atoms with van der Waals surface area (Å²) in [6.45, 7) is 0.620. The van der Waals surface area contributed by atoms with E-state index in [0.717, 1.165) is 12.0 Å². The van der Waals surface area contributed by atoms with Gasteiger partial charge in [-0.25, -0.2) is 0 Å². The van der Waals surface area contributed by atoms with E-state index < -0.39 is 0 Å². The average Bonchev–Trinajstić information content (AvgIpc) is 2.07. The molecule has 0 aliphatic heterocycles. The second kappa shape index (κ2) is 4.44. The Kier molecular flexibility index (Phi) is 3.12. The third kappa shape index (κ3) is 2.80. The van der Waals surface area contributed by atoms with E-state index >= 15 is 0 Å². The van der Waals surface area contributed by atoms with Crippen molar-refractivity contribution in [1.29, 1.82) is 0 Å². The molecular weight excluding hydrogens is 140 g/mol. The normalized spacial score (nSPS) is 9.09. The SMILES string of the molecule is O=[C]NCCc1cccnc1. The van der Waals surface area contributed by atoms with Crippen LogP contribution in [0.15, 0.2) is 24.5 Å². The van der Waals surface area contributed by atoms with Gasteiger partial charge in [-0.2, -0.15) is 0 Å². The summed E-state index contributed by atoms with van der Waals surface area (Å²) in [5.74, 6) is 0. The minimum absolute atomic E-state index is 0.620. The van der Waals surface area contributed by atoms with E-state index in [0.29, 0.717) is 6.54 Å². The van der Waals surface area contributed by atoms with Crippen molar-refractivity contribution >= 4 is 6.41 Å². The molecule has 3 heteroatoms. The number of pyridine rings is 1. The van der Waals surface area contributed by atoms with Crippen molar-refractivity contribution in [3.63, 3.8) is 0 Å². The number of rotatable bonds is 4. The van der Waals surface area contributed by atoms with Gasteiger partial charge < -0.3 is 5.32 Å². The molecule has 1 N–H and O–H groups in total. The number of amides is 1.